The van der Waals surface area contributed by atoms with Crippen molar-refractivity contribution >= 4 is 39.4 Å². The Bertz CT molecular complexity index is 1560. The fourth-order valence-corrected chi connectivity index (χ4v) is 5.30. The van der Waals surface area contributed by atoms with Crippen LogP contribution in [0.2, 0.25) is 0 Å². The number of nitrogens with zero attached hydrogens (tertiary/aromatic N) is 4. The highest BCUT2D eigenvalue weighted by Crippen LogP contribution is 2.28. The Morgan fingerprint density at radius 2 is 1.65 bits per heavy atom. The number of carbonyl (C=O) groups is 2. The Kier molecular flexibility index (Phi) is 9.51. The third kappa shape index (κ3) is 7.45. The maximum absolute atomic E-state index is 12.7. The number of pyridine rings is 1. The lowest BCUT2D eigenvalue weighted by molar-refractivity contribution is -0.113. The monoisotopic (exact) mass is 579 g/mol. The van der Waals surface area contributed by atoms with Crippen LogP contribution in [0.5, 0.6) is 0 Å². The van der Waals surface area contributed by atoms with Crippen LogP contribution in [0.25, 0.3) is 17.1 Å². The number of aromatic nitrogens is 4. The smallest absolute Gasteiger partial charge is 0.328 e. The minimum atomic E-state index is -4.04. The Morgan fingerprint density at radius 3 is 2.33 bits per heavy atom. The number of anilines is 1. The van der Waals surface area contributed by atoms with Gasteiger partial charge in [0.05, 0.1) is 10.6 Å². The molecule has 0 atom stereocenters. The largest absolute Gasteiger partial charge is 0.337 e. The van der Waals surface area contributed by atoms with Crippen molar-refractivity contribution in [1.82, 2.24) is 29.8 Å². The number of nitrogens with one attached hydrogen (secondary N) is 3. The Balaban J connectivity index is 1.41. The second kappa shape index (κ2) is 13.2. The standard InChI is InChI=1S/C27H29N7O4S2/c1-3-4-15-29-26(36)33-40(37,38)23-11-7-21(8-12-23)30-24(35)18-39-27-32-31-25(20-13-16-28-17-14-20)34(27)22-9-5-19(2)6-10-22/h5-14,16-17H,3-4,15,18H2,1-2H3,(H,30,35)(H2,29,33,36). The van der Waals surface area contributed by atoms with Gasteiger partial charge in [-0.05, 0) is 61.9 Å². The Morgan fingerprint density at radius 1 is 0.950 bits per heavy atom. The van der Waals surface area contributed by atoms with E-state index in [1.165, 1.54) is 36.0 Å². The van der Waals surface area contributed by atoms with Gasteiger partial charge in [-0.3, -0.25) is 14.3 Å². The number of hydrogen-bond donors (Lipinski definition) is 3. The molecule has 0 aliphatic carbocycles. The van der Waals surface area contributed by atoms with E-state index in [2.05, 4.69) is 25.8 Å². The molecule has 0 saturated carbocycles. The molecule has 2 heterocycles. The molecule has 0 saturated heterocycles. The fourth-order valence-electron chi connectivity index (χ4n) is 3.62. The van der Waals surface area contributed by atoms with Gasteiger partial charge in [-0.25, -0.2) is 17.9 Å². The van der Waals surface area contributed by atoms with E-state index in [-0.39, 0.29) is 16.6 Å². The number of urea groups is 1. The van der Waals surface area contributed by atoms with E-state index in [0.717, 1.165) is 29.7 Å². The lowest BCUT2D eigenvalue weighted by Crippen LogP contribution is -2.39. The SMILES string of the molecule is CCCCNC(=O)NS(=O)(=O)c1ccc(NC(=O)CSc2nnc(-c3ccncc3)n2-c2ccc(C)cc2)cc1. The van der Waals surface area contributed by atoms with Gasteiger partial charge in [-0.2, -0.15) is 0 Å². The molecule has 3 N–H and O–H groups in total. The summed E-state index contributed by atoms with van der Waals surface area (Å²) in [6.45, 7) is 4.35. The molecular weight excluding hydrogens is 550 g/mol. The van der Waals surface area contributed by atoms with Crippen LogP contribution in [0, 0.1) is 6.92 Å². The second-order valence-electron chi connectivity index (χ2n) is 8.79. The van der Waals surface area contributed by atoms with Crippen molar-refractivity contribution in [1.29, 1.82) is 0 Å². The summed E-state index contributed by atoms with van der Waals surface area (Å²) in [5.41, 5.74) is 3.22. The molecular formula is C27H29N7O4S2. The van der Waals surface area contributed by atoms with Crippen LogP contribution in [0.3, 0.4) is 0 Å². The molecule has 2 aromatic carbocycles. The average molecular weight is 580 g/mol. The number of rotatable bonds is 11. The van der Waals surface area contributed by atoms with Crippen LogP contribution >= 0.6 is 11.8 Å². The van der Waals surface area contributed by atoms with Gasteiger partial charge in [-0.1, -0.05) is 42.8 Å². The number of amides is 3. The molecule has 0 spiro atoms. The molecule has 4 aromatic rings. The molecule has 40 heavy (non-hydrogen) atoms. The predicted molar refractivity (Wildman–Crippen MR) is 154 cm³/mol. The van der Waals surface area contributed by atoms with Crippen molar-refractivity contribution in [2.24, 2.45) is 0 Å². The maximum atomic E-state index is 12.7. The summed E-state index contributed by atoms with van der Waals surface area (Å²) < 4.78 is 28.8. The zero-order valence-corrected chi connectivity index (χ0v) is 23.6. The van der Waals surface area contributed by atoms with Crippen molar-refractivity contribution in [2.45, 2.75) is 36.7 Å². The highest BCUT2D eigenvalue weighted by atomic mass is 32.2. The maximum Gasteiger partial charge on any atom is 0.328 e. The van der Waals surface area contributed by atoms with Gasteiger partial charge < -0.3 is 10.6 Å². The topological polar surface area (TPSA) is 148 Å². The summed E-state index contributed by atoms with van der Waals surface area (Å²) in [7, 11) is -4.04. The summed E-state index contributed by atoms with van der Waals surface area (Å²) >= 11 is 1.22. The first-order valence-corrected chi connectivity index (χ1v) is 15.0. The fraction of sp³-hybridized carbons (Fsp3) is 0.222. The number of sulfonamides is 1. The average Bonchev–Trinajstić information content (AvgIpc) is 3.37. The normalized spacial score (nSPS) is 11.2. The van der Waals surface area contributed by atoms with E-state index in [9.17, 15) is 18.0 Å². The van der Waals surface area contributed by atoms with Crippen LogP contribution in [-0.4, -0.2) is 52.4 Å². The summed E-state index contributed by atoms with van der Waals surface area (Å²) in [5.74, 6) is 0.358. The molecule has 0 unspecified atom stereocenters. The van der Waals surface area contributed by atoms with Crippen LogP contribution in [0.15, 0.2) is 83.1 Å². The zero-order valence-electron chi connectivity index (χ0n) is 22.0. The van der Waals surface area contributed by atoms with E-state index < -0.39 is 16.1 Å². The van der Waals surface area contributed by atoms with Gasteiger partial charge in [0, 0.05) is 35.9 Å². The lowest BCUT2D eigenvalue weighted by Gasteiger charge is -2.11. The number of hydrogen-bond acceptors (Lipinski definition) is 8. The molecule has 11 nitrogen and oxygen atoms in total. The van der Waals surface area contributed by atoms with E-state index in [4.69, 9.17) is 0 Å². The van der Waals surface area contributed by atoms with E-state index in [0.29, 0.717) is 23.2 Å². The minimum absolute atomic E-state index is 0.0415. The number of benzene rings is 2. The number of carbonyl (C=O) groups excluding carboxylic acids is 2. The molecule has 13 heteroatoms. The summed E-state index contributed by atoms with van der Waals surface area (Å²) in [6.07, 6.45) is 4.98. The van der Waals surface area contributed by atoms with E-state index >= 15 is 0 Å². The second-order valence-corrected chi connectivity index (χ2v) is 11.4. The first-order chi connectivity index (χ1) is 19.3. The van der Waals surface area contributed by atoms with Crippen LogP contribution < -0.4 is 15.4 Å². The van der Waals surface area contributed by atoms with Crippen LogP contribution in [-0.2, 0) is 14.8 Å². The summed E-state index contributed by atoms with van der Waals surface area (Å²) in [5, 5.41) is 14.5. The van der Waals surface area contributed by atoms with Gasteiger partial charge in [0.1, 0.15) is 0 Å². The predicted octanol–water partition coefficient (Wildman–Crippen LogP) is 4.16. The van der Waals surface area contributed by atoms with Crippen molar-refractivity contribution in [3.05, 3.63) is 78.6 Å². The van der Waals surface area contributed by atoms with Crippen LogP contribution in [0.4, 0.5) is 10.5 Å². The molecule has 0 aliphatic heterocycles. The van der Waals surface area contributed by atoms with Gasteiger partial charge >= 0.3 is 6.03 Å². The number of thioether (sulfide) groups is 1. The van der Waals surface area contributed by atoms with Crippen LogP contribution in [0.1, 0.15) is 25.3 Å². The highest BCUT2D eigenvalue weighted by Gasteiger charge is 2.19. The van der Waals surface area contributed by atoms with Crippen molar-refractivity contribution in [3.8, 4) is 17.1 Å². The third-order valence-electron chi connectivity index (χ3n) is 5.69. The number of unbranched alkanes of at least 4 members (excludes halogenated alkanes) is 1. The third-order valence-corrected chi connectivity index (χ3v) is 7.96. The quantitative estimate of drug-likeness (QED) is 0.177. The first-order valence-electron chi connectivity index (χ1n) is 12.5. The molecule has 3 amide bonds. The molecule has 0 radical (unpaired) electrons. The molecule has 208 valence electrons. The van der Waals surface area contributed by atoms with Gasteiger partial charge in [0.15, 0.2) is 11.0 Å². The first kappa shape index (κ1) is 28.8. The van der Waals surface area contributed by atoms with Crippen molar-refractivity contribution < 1.29 is 18.0 Å². The van der Waals surface area contributed by atoms with E-state index in [1.54, 1.807) is 12.4 Å². The van der Waals surface area contributed by atoms with Gasteiger partial charge in [-0.15, -0.1) is 10.2 Å². The molecule has 4 rings (SSSR count). The molecule has 2 aromatic heterocycles. The molecule has 0 aliphatic rings. The lowest BCUT2D eigenvalue weighted by atomic mass is 10.2. The minimum Gasteiger partial charge on any atom is -0.337 e. The van der Waals surface area contributed by atoms with Gasteiger partial charge in [0.25, 0.3) is 10.0 Å². The molecule has 0 fully saturated rings. The number of aryl methyl sites for hydroxylation is 1. The molecule has 0 bridgehead atoms. The van der Waals surface area contributed by atoms with E-state index in [1.807, 2.05) is 59.5 Å². The Labute approximate surface area is 236 Å². The van der Waals surface area contributed by atoms with Gasteiger partial charge in [0.2, 0.25) is 5.91 Å². The Hall–Kier alpha value is -4.23. The zero-order chi connectivity index (χ0) is 28.5. The summed E-state index contributed by atoms with van der Waals surface area (Å²) in [6, 6.07) is 16.4. The summed E-state index contributed by atoms with van der Waals surface area (Å²) in [4.78, 5) is 28.5. The highest BCUT2D eigenvalue weighted by molar-refractivity contribution is 7.99. The van der Waals surface area contributed by atoms with Crippen molar-refractivity contribution in [2.75, 3.05) is 17.6 Å². The van der Waals surface area contributed by atoms with Crippen molar-refractivity contribution in [3.63, 3.8) is 0 Å².